The van der Waals surface area contributed by atoms with Gasteiger partial charge in [0, 0.05) is 19.4 Å². The number of aliphatic hydroxyl groups excluding tert-OH is 1. The van der Waals surface area contributed by atoms with E-state index in [4.69, 9.17) is 17.3 Å². The molecular weight excluding hydrogens is 491 g/mol. The molecule has 0 aliphatic carbocycles. The zero-order chi connectivity index (χ0) is 28.0. The first-order chi connectivity index (χ1) is 18.0. The third-order valence-electron chi connectivity index (χ3n) is 6.50. The first-order valence-corrected chi connectivity index (χ1v) is 12.4. The number of nitrogens with zero attached hydrogens (tertiary/aromatic N) is 2. The Morgan fingerprint density at radius 1 is 1.11 bits per heavy atom. The Kier molecular flexibility index (Phi) is 9.43. The lowest BCUT2D eigenvalue weighted by atomic mass is 10.00. The average molecular weight is 527 g/mol. The largest absolute Gasteiger partial charge is 0.391 e. The van der Waals surface area contributed by atoms with Gasteiger partial charge in [0.15, 0.2) is 0 Å². The van der Waals surface area contributed by atoms with Crippen LogP contribution in [0.2, 0.25) is 0 Å². The second-order valence-corrected chi connectivity index (χ2v) is 9.78. The Bertz CT molecular complexity index is 1150. The van der Waals surface area contributed by atoms with Crippen LogP contribution in [0.5, 0.6) is 0 Å². The lowest BCUT2D eigenvalue weighted by molar-refractivity contribution is -0.144. The molecule has 1 aliphatic rings. The smallest absolute Gasteiger partial charge is 0.247 e. The van der Waals surface area contributed by atoms with Crippen molar-refractivity contribution in [2.75, 3.05) is 6.54 Å². The Hall–Kier alpha value is -3.96. The van der Waals surface area contributed by atoms with Gasteiger partial charge < -0.3 is 31.8 Å². The molecule has 38 heavy (non-hydrogen) atoms. The molecule has 0 aromatic heterocycles. The minimum absolute atomic E-state index is 0.0364. The lowest BCUT2D eigenvalue weighted by Crippen LogP contribution is -2.57. The summed E-state index contributed by atoms with van der Waals surface area (Å²) in [5.74, 6) is 2.46. The van der Waals surface area contributed by atoms with Gasteiger partial charge >= 0.3 is 0 Å². The van der Waals surface area contributed by atoms with Crippen LogP contribution in [0.1, 0.15) is 25.8 Å². The van der Waals surface area contributed by atoms with Crippen LogP contribution < -0.4 is 22.6 Å². The van der Waals surface area contributed by atoms with E-state index in [1.165, 1.54) is 4.90 Å². The molecule has 2 aromatic rings. The average Bonchev–Trinajstić information content (AvgIpc) is 3.25. The van der Waals surface area contributed by atoms with E-state index in [2.05, 4.69) is 5.32 Å². The molecule has 1 aliphatic heterocycles. The highest BCUT2D eigenvalue weighted by atomic mass is 19.1. The number of carbonyl (C=O) groups excluding carboxylic acids is 3. The van der Waals surface area contributed by atoms with E-state index in [1.807, 2.05) is 54.6 Å². The second kappa shape index (κ2) is 12.5. The van der Waals surface area contributed by atoms with Gasteiger partial charge in [-0.05, 0) is 22.6 Å². The maximum absolute atomic E-state index is 13.4. The minimum atomic E-state index is -1.08. The fourth-order valence-electron chi connectivity index (χ4n) is 4.65. The Labute approximate surface area is 221 Å². The van der Waals surface area contributed by atoms with E-state index < -0.39 is 47.9 Å². The number of nitrogens with one attached hydrogen (secondary N) is 1. The van der Waals surface area contributed by atoms with Crippen molar-refractivity contribution in [1.82, 2.24) is 15.2 Å². The van der Waals surface area contributed by atoms with Gasteiger partial charge in [-0.1, -0.05) is 68.4 Å². The molecule has 4 atom stereocenters. The molecule has 3 amide bonds. The van der Waals surface area contributed by atoms with Crippen LogP contribution in [0.15, 0.2) is 66.7 Å². The number of aliphatic hydroxyl groups is 1. The number of rotatable bonds is 10. The van der Waals surface area contributed by atoms with Crippen molar-refractivity contribution in [2.45, 2.75) is 50.9 Å². The summed E-state index contributed by atoms with van der Waals surface area (Å²) in [6.07, 6.45) is -0.0691. The number of hydrogen-bond donors (Lipinski definition) is 5. The van der Waals surface area contributed by atoms with Gasteiger partial charge in [-0.25, -0.2) is 5.84 Å². The summed E-state index contributed by atoms with van der Waals surface area (Å²) < 4.78 is 13.2. The Balaban J connectivity index is 1.74. The van der Waals surface area contributed by atoms with Crippen LogP contribution in [0, 0.1) is 5.92 Å². The molecule has 11 heteroatoms. The highest BCUT2D eigenvalue weighted by molar-refractivity contribution is 5.93. The van der Waals surface area contributed by atoms with E-state index >= 15 is 0 Å². The van der Waals surface area contributed by atoms with Gasteiger partial charge in [0.25, 0.3) is 0 Å². The zero-order valence-corrected chi connectivity index (χ0v) is 21.5. The molecule has 4 unspecified atom stereocenters. The molecule has 1 saturated heterocycles. The van der Waals surface area contributed by atoms with Crippen molar-refractivity contribution >= 4 is 17.7 Å². The molecule has 0 radical (unpaired) electrons. The van der Waals surface area contributed by atoms with Crippen LogP contribution in [-0.2, 0) is 20.8 Å². The van der Waals surface area contributed by atoms with Crippen molar-refractivity contribution in [1.29, 1.82) is 0 Å². The van der Waals surface area contributed by atoms with E-state index in [0.717, 1.165) is 27.9 Å². The number of amides is 3. The summed E-state index contributed by atoms with van der Waals surface area (Å²) >= 11 is 0. The summed E-state index contributed by atoms with van der Waals surface area (Å²) in [6.45, 7) is 3.29. The maximum Gasteiger partial charge on any atom is 0.247 e. The fourth-order valence-corrected chi connectivity index (χ4v) is 4.65. The van der Waals surface area contributed by atoms with Crippen molar-refractivity contribution in [3.05, 3.63) is 72.3 Å². The molecule has 8 N–H and O–H groups in total. The van der Waals surface area contributed by atoms with Gasteiger partial charge in [-0.15, -0.1) is 0 Å². The third-order valence-corrected chi connectivity index (χ3v) is 6.50. The third kappa shape index (κ3) is 7.08. The van der Waals surface area contributed by atoms with Crippen LogP contribution in [0.25, 0.3) is 11.1 Å². The predicted octanol–water partition coefficient (Wildman–Crippen LogP) is 0.755. The number of nitrogens with two attached hydrogens (primary N) is 3. The molecule has 0 spiro atoms. The zero-order valence-electron chi connectivity index (χ0n) is 21.5. The molecule has 1 fully saturated rings. The molecule has 1 heterocycles. The van der Waals surface area contributed by atoms with E-state index in [9.17, 15) is 23.9 Å². The second-order valence-electron chi connectivity index (χ2n) is 9.78. The van der Waals surface area contributed by atoms with Gasteiger partial charge in [0.2, 0.25) is 23.7 Å². The number of hydrazine groups is 1. The molecular formula is C27H35FN6O4. The fraction of sp³-hybridized carbons (Fsp3) is 0.370. The van der Waals surface area contributed by atoms with E-state index in [-0.39, 0.29) is 25.3 Å². The summed E-state index contributed by atoms with van der Waals surface area (Å²) in [5.41, 5.74) is 13.5. The van der Waals surface area contributed by atoms with Crippen molar-refractivity contribution in [3.63, 3.8) is 0 Å². The Morgan fingerprint density at radius 2 is 1.71 bits per heavy atom. The number of β-amino-alcohol motifs (C(OH)–C–C–N with tert-alkyl or cyclic N) is 1. The lowest BCUT2D eigenvalue weighted by Gasteiger charge is -2.34. The van der Waals surface area contributed by atoms with Gasteiger partial charge in [-0.3, -0.25) is 14.4 Å². The first kappa shape index (κ1) is 28.6. The van der Waals surface area contributed by atoms with Crippen LogP contribution in [0.4, 0.5) is 4.39 Å². The van der Waals surface area contributed by atoms with Crippen molar-refractivity contribution in [2.24, 2.45) is 23.2 Å². The van der Waals surface area contributed by atoms with E-state index in [1.54, 1.807) is 13.8 Å². The van der Waals surface area contributed by atoms with Gasteiger partial charge in [0.1, 0.15) is 18.1 Å². The van der Waals surface area contributed by atoms with Gasteiger partial charge in [0.05, 0.1) is 12.3 Å². The standard InChI is InChI=1S/C27H35FN6O4/c1-16(2)24(34(31)15-23(28)29)27(38)33-14-20(35)13-22(33)26(37)32-21(25(30)36)12-17-8-10-19(11-9-17)18-6-4-3-5-7-18/h3-11,15-16,20-22,24,35H,12-14,29,31H2,1-2H3,(H2,30,36)(H,32,37)/b23-15-. The normalized spacial score (nSPS) is 19.2. The van der Waals surface area contributed by atoms with Crippen LogP contribution >= 0.6 is 0 Å². The summed E-state index contributed by atoms with van der Waals surface area (Å²) in [7, 11) is 0. The molecule has 0 bridgehead atoms. The topological polar surface area (TPSA) is 168 Å². The van der Waals surface area contributed by atoms with Gasteiger partial charge in [-0.2, -0.15) is 4.39 Å². The molecule has 3 rings (SSSR count). The Morgan fingerprint density at radius 3 is 2.26 bits per heavy atom. The monoisotopic (exact) mass is 526 g/mol. The summed E-state index contributed by atoms with van der Waals surface area (Å²) in [6, 6.07) is 14.2. The first-order valence-electron chi connectivity index (χ1n) is 12.4. The molecule has 2 aromatic carbocycles. The quantitative estimate of drug-likeness (QED) is 0.173. The number of halogens is 1. The summed E-state index contributed by atoms with van der Waals surface area (Å²) in [4.78, 5) is 40.0. The number of carbonyl (C=O) groups is 3. The molecule has 0 saturated carbocycles. The number of benzene rings is 2. The van der Waals surface area contributed by atoms with E-state index in [0.29, 0.717) is 0 Å². The highest BCUT2D eigenvalue weighted by Crippen LogP contribution is 2.24. The number of likely N-dealkylation sites (tertiary alicyclic amines) is 1. The number of primary amides is 1. The maximum atomic E-state index is 13.4. The highest BCUT2D eigenvalue weighted by Gasteiger charge is 2.43. The van der Waals surface area contributed by atoms with Crippen molar-refractivity contribution in [3.8, 4) is 11.1 Å². The molecule has 204 valence electrons. The SMILES string of the molecule is CC(C)C(C(=O)N1CC(O)CC1C(=O)NC(Cc1ccc(-c2ccccc2)cc1)C(N)=O)N(N)/C=C(\N)F. The van der Waals surface area contributed by atoms with Crippen molar-refractivity contribution < 1.29 is 23.9 Å². The van der Waals surface area contributed by atoms with Crippen LogP contribution in [-0.4, -0.2) is 63.5 Å². The summed E-state index contributed by atoms with van der Waals surface area (Å²) in [5, 5.41) is 13.8. The number of hydrogen-bond acceptors (Lipinski definition) is 7. The van der Waals surface area contributed by atoms with Crippen LogP contribution in [0.3, 0.4) is 0 Å². The minimum Gasteiger partial charge on any atom is -0.391 e. The predicted molar refractivity (Wildman–Crippen MR) is 141 cm³/mol. The molecule has 10 nitrogen and oxygen atoms in total.